The molecule has 0 unspecified atom stereocenters. The topological polar surface area (TPSA) is 63.4 Å². The predicted octanol–water partition coefficient (Wildman–Crippen LogP) is 3.95. The Morgan fingerprint density at radius 2 is 1.61 bits per heavy atom. The highest BCUT2D eigenvalue weighted by atomic mass is 16.2. The molecular weight excluding hydrogens is 386 g/mol. The highest BCUT2D eigenvalue weighted by molar-refractivity contribution is 5.76. The molecule has 0 N–H and O–H groups in total. The highest BCUT2D eigenvalue weighted by Crippen LogP contribution is 2.16. The number of nitrogens with zero attached hydrogens (tertiary/aromatic N) is 5. The Morgan fingerprint density at radius 3 is 2.32 bits per heavy atom. The van der Waals surface area contributed by atoms with E-state index in [0.29, 0.717) is 31.7 Å². The minimum absolute atomic E-state index is 0.150. The van der Waals surface area contributed by atoms with E-state index in [1.54, 1.807) is 4.52 Å². The van der Waals surface area contributed by atoms with Crippen molar-refractivity contribution in [2.75, 3.05) is 6.54 Å². The van der Waals surface area contributed by atoms with Gasteiger partial charge in [0, 0.05) is 30.9 Å². The van der Waals surface area contributed by atoms with Crippen LogP contribution in [-0.2, 0) is 24.2 Å². The molecule has 6 heteroatoms. The lowest BCUT2D eigenvalue weighted by atomic mass is 10.1. The number of hydrogen-bond donors (Lipinski definition) is 0. The molecule has 4 rings (SSSR count). The van der Waals surface area contributed by atoms with Gasteiger partial charge in [0.25, 0.3) is 5.78 Å². The zero-order chi connectivity index (χ0) is 21.6. The van der Waals surface area contributed by atoms with E-state index in [2.05, 4.69) is 39.3 Å². The quantitative estimate of drug-likeness (QED) is 0.439. The van der Waals surface area contributed by atoms with Crippen molar-refractivity contribution in [3.8, 4) is 0 Å². The molecule has 0 saturated carbocycles. The predicted molar refractivity (Wildman–Crippen MR) is 121 cm³/mol. The van der Waals surface area contributed by atoms with E-state index in [4.69, 9.17) is 0 Å². The molecule has 0 atom stereocenters. The summed E-state index contributed by atoms with van der Waals surface area (Å²) in [5.41, 5.74) is 5.34. The molecule has 0 aliphatic carbocycles. The van der Waals surface area contributed by atoms with Gasteiger partial charge in [0.1, 0.15) is 6.33 Å². The SMILES string of the molecule is Cc1nc2ncnn2c(C)c1CCC(=O)N(CCc1ccccc1)Cc1ccccc1. The van der Waals surface area contributed by atoms with Crippen LogP contribution in [0.5, 0.6) is 0 Å². The van der Waals surface area contributed by atoms with Crippen molar-refractivity contribution >= 4 is 11.7 Å². The lowest BCUT2D eigenvalue weighted by Crippen LogP contribution is -2.32. The van der Waals surface area contributed by atoms with Crippen molar-refractivity contribution in [1.82, 2.24) is 24.5 Å². The summed E-state index contributed by atoms with van der Waals surface area (Å²) in [5.74, 6) is 0.746. The molecule has 0 fully saturated rings. The van der Waals surface area contributed by atoms with Gasteiger partial charge in [-0.1, -0.05) is 60.7 Å². The van der Waals surface area contributed by atoms with E-state index in [9.17, 15) is 4.79 Å². The van der Waals surface area contributed by atoms with Gasteiger partial charge in [0.2, 0.25) is 5.91 Å². The molecule has 2 aromatic heterocycles. The van der Waals surface area contributed by atoms with Gasteiger partial charge in [-0.25, -0.2) is 9.50 Å². The molecule has 4 aromatic rings. The number of aryl methyl sites for hydroxylation is 2. The van der Waals surface area contributed by atoms with E-state index in [1.807, 2.05) is 55.1 Å². The van der Waals surface area contributed by atoms with Gasteiger partial charge in [0.05, 0.1) is 0 Å². The number of carbonyl (C=O) groups excluding carboxylic acids is 1. The van der Waals surface area contributed by atoms with Gasteiger partial charge in [-0.05, 0) is 43.4 Å². The summed E-state index contributed by atoms with van der Waals surface area (Å²) >= 11 is 0. The second-order valence-corrected chi connectivity index (χ2v) is 7.77. The van der Waals surface area contributed by atoms with E-state index >= 15 is 0 Å². The molecule has 2 heterocycles. The second kappa shape index (κ2) is 9.51. The van der Waals surface area contributed by atoms with Crippen LogP contribution in [0, 0.1) is 13.8 Å². The molecule has 2 aromatic carbocycles. The Bertz CT molecular complexity index is 1150. The average Bonchev–Trinajstić information content (AvgIpc) is 3.26. The van der Waals surface area contributed by atoms with Crippen LogP contribution >= 0.6 is 0 Å². The number of amides is 1. The van der Waals surface area contributed by atoms with Crippen molar-refractivity contribution in [3.05, 3.63) is 95.1 Å². The van der Waals surface area contributed by atoms with Crippen molar-refractivity contribution in [2.45, 2.75) is 39.7 Å². The Labute approximate surface area is 182 Å². The Kier molecular flexibility index (Phi) is 6.36. The molecule has 31 heavy (non-hydrogen) atoms. The fourth-order valence-corrected chi connectivity index (χ4v) is 3.91. The molecule has 0 radical (unpaired) electrons. The van der Waals surface area contributed by atoms with E-state index < -0.39 is 0 Å². The van der Waals surface area contributed by atoms with E-state index in [-0.39, 0.29) is 5.91 Å². The van der Waals surface area contributed by atoms with E-state index in [1.165, 1.54) is 11.9 Å². The molecule has 0 aliphatic heterocycles. The third-order valence-corrected chi connectivity index (χ3v) is 5.66. The number of hydrogen-bond acceptors (Lipinski definition) is 4. The van der Waals surface area contributed by atoms with Gasteiger partial charge in [-0.3, -0.25) is 4.79 Å². The first-order valence-corrected chi connectivity index (χ1v) is 10.6. The zero-order valence-corrected chi connectivity index (χ0v) is 18.0. The summed E-state index contributed by atoms with van der Waals surface area (Å²) < 4.78 is 1.74. The van der Waals surface area contributed by atoms with Crippen molar-refractivity contribution < 1.29 is 4.79 Å². The number of carbonyl (C=O) groups is 1. The number of aromatic nitrogens is 4. The van der Waals surface area contributed by atoms with Crippen molar-refractivity contribution in [3.63, 3.8) is 0 Å². The second-order valence-electron chi connectivity index (χ2n) is 7.77. The standard InChI is InChI=1S/C25H27N5O/c1-19-23(20(2)30-25(28-19)26-18-27-30)13-14-24(31)29(17-22-11-7-4-8-12-22)16-15-21-9-5-3-6-10-21/h3-12,18H,13-17H2,1-2H3. The number of fused-ring (bicyclic) bond motifs is 1. The average molecular weight is 414 g/mol. The maximum Gasteiger partial charge on any atom is 0.252 e. The van der Waals surface area contributed by atoms with Crippen molar-refractivity contribution in [2.24, 2.45) is 0 Å². The molecule has 0 saturated heterocycles. The summed E-state index contributed by atoms with van der Waals surface area (Å²) in [6.07, 6.45) is 3.42. The summed E-state index contributed by atoms with van der Waals surface area (Å²) in [6, 6.07) is 20.5. The lowest BCUT2D eigenvalue weighted by Gasteiger charge is -2.23. The summed E-state index contributed by atoms with van der Waals surface area (Å²) in [4.78, 5) is 23.9. The van der Waals surface area contributed by atoms with E-state index in [0.717, 1.165) is 28.9 Å². The minimum atomic E-state index is 0.150. The van der Waals surface area contributed by atoms with Gasteiger partial charge in [-0.15, -0.1) is 0 Å². The minimum Gasteiger partial charge on any atom is -0.338 e. The Morgan fingerprint density at radius 1 is 0.935 bits per heavy atom. The molecule has 0 spiro atoms. The van der Waals surface area contributed by atoms with Gasteiger partial charge < -0.3 is 4.90 Å². The largest absolute Gasteiger partial charge is 0.338 e. The monoisotopic (exact) mass is 413 g/mol. The zero-order valence-electron chi connectivity index (χ0n) is 18.0. The fourth-order valence-electron chi connectivity index (χ4n) is 3.91. The molecule has 6 nitrogen and oxygen atoms in total. The van der Waals surface area contributed by atoms with Crippen LogP contribution in [0.3, 0.4) is 0 Å². The summed E-state index contributed by atoms with van der Waals surface area (Å²) in [7, 11) is 0. The van der Waals surface area contributed by atoms with Crippen LogP contribution in [0.4, 0.5) is 0 Å². The van der Waals surface area contributed by atoms with Gasteiger partial charge in [-0.2, -0.15) is 10.1 Å². The van der Waals surface area contributed by atoms with Gasteiger partial charge >= 0.3 is 0 Å². The fraction of sp³-hybridized carbons (Fsp3) is 0.280. The first-order chi connectivity index (χ1) is 15.1. The molecule has 0 aliphatic rings. The van der Waals surface area contributed by atoms with Crippen LogP contribution in [0.1, 0.15) is 34.5 Å². The Hall–Kier alpha value is -3.54. The maximum absolute atomic E-state index is 13.2. The van der Waals surface area contributed by atoms with Crippen molar-refractivity contribution in [1.29, 1.82) is 0 Å². The molecular formula is C25H27N5O. The third kappa shape index (κ3) is 4.97. The molecule has 158 valence electrons. The van der Waals surface area contributed by atoms with Crippen LogP contribution in [0.2, 0.25) is 0 Å². The van der Waals surface area contributed by atoms with Gasteiger partial charge in [0.15, 0.2) is 0 Å². The van der Waals surface area contributed by atoms with Crippen LogP contribution < -0.4 is 0 Å². The maximum atomic E-state index is 13.2. The van der Waals surface area contributed by atoms with Crippen LogP contribution in [0.25, 0.3) is 5.78 Å². The number of rotatable bonds is 8. The van der Waals surface area contributed by atoms with Crippen LogP contribution in [-0.4, -0.2) is 36.9 Å². The number of benzene rings is 2. The first kappa shape index (κ1) is 20.7. The third-order valence-electron chi connectivity index (χ3n) is 5.66. The smallest absolute Gasteiger partial charge is 0.252 e. The molecule has 0 bridgehead atoms. The first-order valence-electron chi connectivity index (χ1n) is 10.6. The lowest BCUT2D eigenvalue weighted by molar-refractivity contribution is -0.131. The van der Waals surface area contributed by atoms with Crippen LogP contribution in [0.15, 0.2) is 67.0 Å². The Balaban J connectivity index is 1.48. The molecule has 1 amide bonds. The highest BCUT2D eigenvalue weighted by Gasteiger charge is 2.17. The summed E-state index contributed by atoms with van der Waals surface area (Å²) in [5, 5.41) is 4.25. The summed E-state index contributed by atoms with van der Waals surface area (Å²) in [6.45, 7) is 5.28. The normalized spacial score (nSPS) is 11.0.